The van der Waals surface area contributed by atoms with Crippen LogP contribution in [0.25, 0.3) is 0 Å². The molecule has 2 aromatic carbocycles. The zero-order valence-corrected chi connectivity index (χ0v) is 20.6. The first-order valence-corrected chi connectivity index (χ1v) is 13.5. The Labute approximate surface area is 205 Å². The Morgan fingerprint density at radius 3 is 2.57 bits per heavy atom. The molecule has 2 heterocycles. The lowest BCUT2D eigenvalue weighted by molar-refractivity contribution is -0.143. The lowest BCUT2D eigenvalue weighted by atomic mass is 9.74. The van der Waals surface area contributed by atoms with Crippen molar-refractivity contribution in [1.29, 1.82) is 0 Å². The Morgan fingerprint density at radius 1 is 1.20 bits per heavy atom. The molecular weight excluding hydrogens is 473 g/mol. The number of sulfone groups is 1. The molecule has 7 nitrogen and oxygen atoms in total. The van der Waals surface area contributed by atoms with Crippen LogP contribution in [0.15, 0.2) is 48.5 Å². The standard InChI is InChI=1S/C26H32FNO6S/c1-18-23(35(31,32)24(15-28-18)19-5-3-2-4-6-19)13-20-7-8-21(14-22(20)27)26(9-11-33-12-10-26)17-34-16-25(29)30/h2-8,14,18,23-24,28H,9-13,15-17H2,1H3,(H,29,30)/t18-,23?,24-/m0/s1. The molecule has 0 aromatic heterocycles. The number of carboxylic acids is 1. The van der Waals surface area contributed by atoms with Gasteiger partial charge in [0.25, 0.3) is 0 Å². The number of hydrogen-bond acceptors (Lipinski definition) is 6. The van der Waals surface area contributed by atoms with Gasteiger partial charge in [0.1, 0.15) is 12.4 Å². The maximum absolute atomic E-state index is 15.4. The van der Waals surface area contributed by atoms with Crippen LogP contribution in [-0.4, -0.2) is 63.8 Å². The van der Waals surface area contributed by atoms with Gasteiger partial charge in [-0.2, -0.15) is 0 Å². The van der Waals surface area contributed by atoms with Crippen molar-refractivity contribution in [3.63, 3.8) is 0 Å². The SMILES string of the molecule is C[C@@H]1NC[C@@H](c2ccccc2)S(=O)(=O)C1Cc1ccc(C2(COCC(=O)O)CCOCC2)cc1F. The fraction of sp³-hybridized carbons (Fsp3) is 0.500. The van der Waals surface area contributed by atoms with E-state index in [1.54, 1.807) is 6.07 Å². The second-order valence-electron chi connectivity index (χ2n) is 9.51. The molecule has 2 fully saturated rings. The number of aliphatic carboxylic acids is 1. The van der Waals surface area contributed by atoms with E-state index in [1.807, 2.05) is 43.3 Å². The van der Waals surface area contributed by atoms with Gasteiger partial charge in [-0.25, -0.2) is 17.6 Å². The van der Waals surface area contributed by atoms with Crippen LogP contribution in [0.1, 0.15) is 41.7 Å². The molecule has 3 atom stereocenters. The Hall–Kier alpha value is -2.33. The lowest BCUT2D eigenvalue weighted by Crippen LogP contribution is -2.53. The molecule has 35 heavy (non-hydrogen) atoms. The highest BCUT2D eigenvalue weighted by Gasteiger charge is 2.43. The third-order valence-electron chi connectivity index (χ3n) is 7.31. The first-order valence-electron chi connectivity index (χ1n) is 11.9. The number of halogens is 1. The second-order valence-corrected chi connectivity index (χ2v) is 11.9. The molecule has 2 aliphatic rings. The Bertz CT molecular complexity index is 1130. The van der Waals surface area contributed by atoms with Gasteiger partial charge in [0.05, 0.1) is 17.1 Å². The van der Waals surface area contributed by atoms with Crippen LogP contribution in [0, 0.1) is 5.82 Å². The summed E-state index contributed by atoms with van der Waals surface area (Å²) >= 11 is 0. The van der Waals surface area contributed by atoms with Crippen molar-refractivity contribution >= 4 is 15.8 Å². The molecule has 0 saturated carbocycles. The molecule has 0 radical (unpaired) electrons. The van der Waals surface area contributed by atoms with Crippen LogP contribution in [0.4, 0.5) is 4.39 Å². The largest absolute Gasteiger partial charge is 0.480 e. The number of carbonyl (C=O) groups is 1. The minimum atomic E-state index is -3.57. The molecule has 2 aromatic rings. The number of rotatable bonds is 8. The summed E-state index contributed by atoms with van der Waals surface area (Å²) in [5.74, 6) is -1.52. The summed E-state index contributed by atoms with van der Waals surface area (Å²) in [5.41, 5.74) is 1.25. The summed E-state index contributed by atoms with van der Waals surface area (Å²) in [6.07, 6.45) is 1.24. The minimum absolute atomic E-state index is 0.0670. The predicted molar refractivity (Wildman–Crippen MR) is 130 cm³/mol. The van der Waals surface area contributed by atoms with Gasteiger partial charge in [-0.3, -0.25) is 0 Å². The normalized spacial score (nSPS) is 25.7. The van der Waals surface area contributed by atoms with Gasteiger partial charge < -0.3 is 19.9 Å². The molecule has 4 rings (SSSR count). The van der Waals surface area contributed by atoms with Gasteiger partial charge in [-0.05, 0) is 48.9 Å². The van der Waals surface area contributed by atoms with Crippen molar-refractivity contribution in [2.45, 2.75) is 48.1 Å². The van der Waals surface area contributed by atoms with Gasteiger partial charge in [0.2, 0.25) is 0 Å². The zero-order valence-electron chi connectivity index (χ0n) is 19.8. The van der Waals surface area contributed by atoms with Crippen LogP contribution in [0.2, 0.25) is 0 Å². The smallest absolute Gasteiger partial charge is 0.329 e. The summed E-state index contributed by atoms with van der Waals surface area (Å²) in [6.45, 7) is 2.83. The third kappa shape index (κ3) is 5.58. The highest BCUT2D eigenvalue weighted by Crippen LogP contribution is 2.37. The third-order valence-corrected chi connectivity index (χ3v) is 9.96. The molecule has 0 aliphatic carbocycles. The molecular formula is C26H32FNO6S. The number of ether oxygens (including phenoxy) is 2. The molecule has 1 unspecified atom stereocenters. The van der Waals surface area contributed by atoms with E-state index < -0.39 is 44.1 Å². The van der Waals surface area contributed by atoms with Crippen LogP contribution in [-0.2, 0) is 35.9 Å². The van der Waals surface area contributed by atoms with Crippen molar-refractivity contribution in [2.24, 2.45) is 0 Å². The summed E-state index contributed by atoms with van der Waals surface area (Å²) in [7, 11) is -3.57. The van der Waals surface area contributed by atoms with Crippen LogP contribution in [0.3, 0.4) is 0 Å². The van der Waals surface area contributed by atoms with E-state index in [4.69, 9.17) is 14.6 Å². The fourth-order valence-corrected chi connectivity index (χ4v) is 7.54. The maximum atomic E-state index is 15.4. The average Bonchev–Trinajstić information content (AvgIpc) is 2.83. The minimum Gasteiger partial charge on any atom is -0.480 e. The topological polar surface area (TPSA) is 102 Å². The zero-order chi connectivity index (χ0) is 25.1. The summed E-state index contributed by atoms with van der Waals surface area (Å²) in [5, 5.41) is 10.8. The van der Waals surface area contributed by atoms with Gasteiger partial charge in [-0.1, -0.05) is 42.5 Å². The first-order chi connectivity index (χ1) is 16.7. The number of hydrogen-bond donors (Lipinski definition) is 2. The first kappa shape index (κ1) is 25.8. The lowest BCUT2D eigenvalue weighted by Gasteiger charge is -2.38. The quantitative estimate of drug-likeness (QED) is 0.569. The monoisotopic (exact) mass is 505 g/mol. The van der Waals surface area contributed by atoms with E-state index in [9.17, 15) is 13.2 Å². The molecule has 9 heteroatoms. The van der Waals surface area contributed by atoms with E-state index >= 15 is 4.39 Å². The van der Waals surface area contributed by atoms with Crippen molar-refractivity contribution in [3.8, 4) is 0 Å². The number of nitrogens with one attached hydrogen (secondary N) is 1. The molecule has 0 bridgehead atoms. The predicted octanol–water partition coefficient (Wildman–Crippen LogP) is 3.03. The Kier molecular flexibility index (Phi) is 7.90. The average molecular weight is 506 g/mol. The molecule has 2 N–H and O–H groups in total. The van der Waals surface area contributed by atoms with Crippen molar-refractivity contribution in [1.82, 2.24) is 5.32 Å². The van der Waals surface area contributed by atoms with Gasteiger partial charge in [0.15, 0.2) is 9.84 Å². The summed E-state index contributed by atoms with van der Waals surface area (Å²) in [4.78, 5) is 10.9. The number of carboxylic acid groups (broad SMARTS) is 1. The Balaban J connectivity index is 1.57. The highest BCUT2D eigenvalue weighted by molar-refractivity contribution is 7.92. The van der Waals surface area contributed by atoms with E-state index in [-0.39, 0.29) is 19.1 Å². The molecule has 0 spiro atoms. The molecule has 0 amide bonds. The van der Waals surface area contributed by atoms with Gasteiger partial charge in [0, 0.05) is 31.2 Å². The van der Waals surface area contributed by atoms with Crippen LogP contribution >= 0.6 is 0 Å². The summed E-state index contributed by atoms with van der Waals surface area (Å²) < 4.78 is 53.4. The van der Waals surface area contributed by atoms with E-state index in [0.29, 0.717) is 43.7 Å². The second kappa shape index (κ2) is 10.7. The van der Waals surface area contributed by atoms with E-state index in [1.165, 1.54) is 6.07 Å². The molecule has 2 saturated heterocycles. The van der Waals surface area contributed by atoms with Crippen LogP contribution < -0.4 is 5.32 Å². The number of benzene rings is 2. The fourth-order valence-electron chi connectivity index (χ4n) is 5.18. The van der Waals surface area contributed by atoms with Gasteiger partial charge >= 0.3 is 5.97 Å². The molecule has 190 valence electrons. The highest BCUT2D eigenvalue weighted by atomic mass is 32.2. The Morgan fingerprint density at radius 2 is 1.91 bits per heavy atom. The maximum Gasteiger partial charge on any atom is 0.329 e. The van der Waals surface area contributed by atoms with E-state index in [2.05, 4.69) is 5.32 Å². The van der Waals surface area contributed by atoms with Crippen molar-refractivity contribution in [2.75, 3.05) is 33.0 Å². The molecule has 2 aliphatic heterocycles. The summed E-state index contributed by atoms with van der Waals surface area (Å²) in [6, 6.07) is 13.7. The van der Waals surface area contributed by atoms with Crippen LogP contribution in [0.5, 0.6) is 0 Å². The van der Waals surface area contributed by atoms with Crippen molar-refractivity contribution in [3.05, 3.63) is 71.0 Å². The van der Waals surface area contributed by atoms with Crippen molar-refractivity contribution < 1.29 is 32.2 Å². The van der Waals surface area contributed by atoms with E-state index in [0.717, 1.165) is 5.56 Å². The van der Waals surface area contributed by atoms with Gasteiger partial charge in [-0.15, -0.1) is 0 Å².